The molecule has 1 unspecified atom stereocenters. The van der Waals surface area contributed by atoms with E-state index in [1.165, 1.54) is 30.0 Å². The van der Waals surface area contributed by atoms with Gasteiger partial charge >= 0.3 is 11.9 Å². The molecule has 1 atom stereocenters. The third kappa shape index (κ3) is 6.08. The predicted octanol–water partition coefficient (Wildman–Crippen LogP) is 0.374. The van der Waals surface area contributed by atoms with Gasteiger partial charge in [-0.3, -0.25) is 9.59 Å². The molecule has 142 valence electrons. The first-order chi connectivity index (χ1) is 12.1. The summed E-state index contributed by atoms with van der Waals surface area (Å²) in [6.45, 7) is 2.86. The first-order valence-electron chi connectivity index (χ1n) is 7.88. The number of likely N-dealkylation sites (N-methyl/N-ethyl adjacent to an activating group) is 1. The zero-order valence-corrected chi connectivity index (χ0v) is 14.8. The molecule has 0 aliphatic heterocycles. The summed E-state index contributed by atoms with van der Waals surface area (Å²) in [6.07, 6.45) is 0.0856. The van der Waals surface area contributed by atoms with Gasteiger partial charge in [-0.05, 0) is 24.6 Å². The van der Waals surface area contributed by atoms with Gasteiger partial charge in [-0.15, -0.1) is 0 Å². The van der Waals surface area contributed by atoms with E-state index in [0.717, 1.165) is 0 Å². The van der Waals surface area contributed by atoms with Crippen LogP contribution in [0, 0.1) is 0 Å². The van der Waals surface area contributed by atoms with Crippen molar-refractivity contribution in [3.63, 3.8) is 0 Å². The fourth-order valence-corrected chi connectivity index (χ4v) is 2.24. The summed E-state index contributed by atoms with van der Waals surface area (Å²) in [7, 11) is 1.60. The summed E-state index contributed by atoms with van der Waals surface area (Å²) in [5.41, 5.74) is 0.267. The number of carboxylic acids is 2. The molecule has 0 aliphatic carbocycles. The van der Waals surface area contributed by atoms with Crippen LogP contribution in [0.3, 0.4) is 0 Å². The second kappa shape index (κ2) is 9.40. The first kappa shape index (κ1) is 20.9. The topological polar surface area (TPSA) is 133 Å². The Morgan fingerprint density at radius 2 is 1.88 bits per heavy atom. The number of carboxylic acid groups (broad SMARTS) is 2. The Hall–Kier alpha value is -3.10. The minimum absolute atomic E-state index is 0.0856. The van der Waals surface area contributed by atoms with Crippen molar-refractivity contribution in [3.8, 4) is 5.75 Å². The van der Waals surface area contributed by atoms with Gasteiger partial charge in [0.1, 0.15) is 17.4 Å². The molecule has 0 aromatic heterocycles. The highest BCUT2D eigenvalue weighted by molar-refractivity contribution is 5.91. The first-order valence-corrected chi connectivity index (χ1v) is 7.88. The Morgan fingerprint density at radius 3 is 2.38 bits per heavy atom. The van der Waals surface area contributed by atoms with Crippen molar-refractivity contribution in [1.29, 1.82) is 0 Å². The van der Waals surface area contributed by atoms with E-state index < -0.39 is 24.6 Å². The van der Waals surface area contributed by atoms with Crippen LogP contribution in [-0.4, -0.2) is 65.1 Å². The van der Waals surface area contributed by atoms with E-state index >= 15 is 0 Å². The standard InChI is InChI=1S/C17H22N2O7/c1-4-19(3)16(23)13(18-10(2)20)8-11-5-6-14(26-9-15(21)22)12(7-11)17(24)25/h5-7,13H,4,8-9H2,1-3H3,(H,18,20)(H,21,22)(H,24,25). The molecule has 26 heavy (non-hydrogen) atoms. The summed E-state index contributed by atoms with van der Waals surface area (Å²) in [6, 6.07) is 3.32. The molecule has 0 heterocycles. The summed E-state index contributed by atoms with van der Waals surface area (Å²) in [4.78, 5) is 47.2. The van der Waals surface area contributed by atoms with Crippen LogP contribution in [-0.2, 0) is 20.8 Å². The van der Waals surface area contributed by atoms with Crippen molar-refractivity contribution in [2.45, 2.75) is 26.3 Å². The molecule has 0 aliphatic rings. The highest BCUT2D eigenvalue weighted by Crippen LogP contribution is 2.21. The number of nitrogens with one attached hydrogen (secondary N) is 1. The van der Waals surface area contributed by atoms with Crippen LogP contribution < -0.4 is 10.1 Å². The lowest BCUT2D eigenvalue weighted by atomic mass is 10.0. The molecular formula is C17H22N2O7. The Bertz CT molecular complexity index is 702. The highest BCUT2D eigenvalue weighted by atomic mass is 16.5. The fraction of sp³-hybridized carbons (Fsp3) is 0.412. The van der Waals surface area contributed by atoms with E-state index in [1.54, 1.807) is 14.0 Å². The van der Waals surface area contributed by atoms with E-state index in [1.807, 2.05) is 0 Å². The predicted molar refractivity (Wildman–Crippen MR) is 91.2 cm³/mol. The maximum absolute atomic E-state index is 12.4. The zero-order valence-electron chi connectivity index (χ0n) is 14.8. The molecule has 0 saturated heterocycles. The van der Waals surface area contributed by atoms with Gasteiger partial charge in [-0.25, -0.2) is 9.59 Å². The number of nitrogens with zero attached hydrogens (tertiary/aromatic N) is 1. The molecule has 0 fully saturated rings. The van der Waals surface area contributed by atoms with Gasteiger partial charge in [0.15, 0.2) is 6.61 Å². The van der Waals surface area contributed by atoms with Crippen LogP contribution >= 0.6 is 0 Å². The zero-order chi connectivity index (χ0) is 19.9. The fourth-order valence-electron chi connectivity index (χ4n) is 2.24. The normalized spacial score (nSPS) is 11.3. The van der Waals surface area contributed by atoms with Crippen LogP contribution in [0.5, 0.6) is 5.75 Å². The Balaban J connectivity index is 3.09. The molecule has 3 N–H and O–H groups in total. The van der Waals surface area contributed by atoms with E-state index in [2.05, 4.69) is 5.32 Å². The SMILES string of the molecule is CCN(C)C(=O)C(Cc1ccc(OCC(=O)O)c(C(=O)O)c1)NC(C)=O. The van der Waals surface area contributed by atoms with Crippen molar-refractivity contribution in [1.82, 2.24) is 10.2 Å². The summed E-state index contributed by atoms with van der Waals surface area (Å²) < 4.78 is 4.96. The Morgan fingerprint density at radius 1 is 1.23 bits per heavy atom. The minimum Gasteiger partial charge on any atom is -0.481 e. The van der Waals surface area contributed by atoms with Crippen molar-refractivity contribution in [3.05, 3.63) is 29.3 Å². The van der Waals surface area contributed by atoms with E-state index in [-0.39, 0.29) is 29.5 Å². The minimum atomic E-state index is -1.29. The number of carbonyl (C=O) groups is 4. The Kier molecular flexibility index (Phi) is 7.57. The summed E-state index contributed by atoms with van der Waals surface area (Å²) in [5, 5.41) is 20.5. The van der Waals surface area contributed by atoms with Gasteiger partial charge in [0.25, 0.3) is 0 Å². The second-order valence-electron chi connectivity index (χ2n) is 5.63. The number of rotatable bonds is 9. The molecule has 2 amide bonds. The second-order valence-corrected chi connectivity index (χ2v) is 5.63. The number of aliphatic carboxylic acids is 1. The van der Waals surface area contributed by atoms with Crippen LogP contribution in [0.2, 0.25) is 0 Å². The van der Waals surface area contributed by atoms with Crippen molar-refractivity contribution < 1.29 is 34.1 Å². The van der Waals surface area contributed by atoms with Gasteiger partial charge in [0.2, 0.25) is 11.8 Å². The Labute approximate surface area is 150 Å². The largest absolute Gasteiger partial charge is 0.481 e. The molecule has 0 radical (unpaired) electrons. The number of carbonyl (C=O) groups excluding carboxylic acids is 2. The average molecular weight is 366 g/mol. The third-order valence-electron chi connectivity index (χ3n) is 3.59. The van der Waals surface area contributed by atoms with Crippen molar-refractivity contribution in [2.24, 2.45) is 0 Å². The van der Waals surface area contributed by atoms with E-state index in [0.29, 0.717) is 12.1 Å². The van der Waals surface area contributed by atoms with Gasteiger partial charge in [0.05, 0.1) is 0 Å². The van der Waals surface area contributed by atoms with Gasteiger partial charge < -0.3 is 25.2 Å². The van der Waals surface area contributed by atoms with Crippen LogP contribution in [0.25, 0.3) is 0 Å². The maximum atomic E-state index is 12.4. The van der Waals surface area contributed by atoms with Crippen LogP contribution in [0.15, 0.2) is 18.2 Å². The molecule has 9 heteroatoms. The van der Waals surface area contributed by atoms with Crippen LogP contribution in [0.1, 0.15) is 29.8 Å². The summed E-state index contributed by atoms with van der Waals surface area (Å²) >= 11 is 0. The molecule has 1 rings (SSSR count). The molecule has 9 nitrogen and oxygen atoms in total. The molecule has 1 aromatic carbocycles. The lowest BCUT2D eigenvalue weighted by Crippen LogP contribution is -2.47. The number of ether oxygens (including phenoxy) is 1. The van der Waals surface area contributed by atoms with Gasteiger partial charge in [0, 0.05) is 26.9 Å². The number of aromatic carboxylic acids is 1. The van der Waals surface area contributed by atoms with Gasteiger partial charge in [-0.1, -0.05) is 6.07 Å². The van der Waals surface area contributed by atoms with E-state index in [4.69, 9.17) is 9.84 Å². The quantitative estimate of drug-likeness (QED) is 0.575. The van der Waals surface area contributed by atoms with E-state index in [9.17, 15) is 24.3 Å². The number of hydrogen-bond donors (Lipinski definition) is 3. The summed E-state index contributed by atoms with van der Waals surface area (Å²) in [5.74, 6) is -3.29. The van der Waals surface area contributed by atoms with Crippen LogP contribution in [0.4, 0.5) is 0 Å². The van der Waals surface area contributed by atoms with Crippen molar-refractivity contribution in [2.75, 3.05) is 20.2 Å². The number of amides is 2. The molecule has 0 spiro atoms. The maximum Gasteiger partial charge on any atom is 0.341 e. The average Bonchev–Trinajstić information content (AvgIpc) is 2.57. The molecular weight excluding hydrogens is 344 g/mol. The molecule has 0 bridgehead atoms. The number of benzene rings is 1. The number of hydrogen-bond acceptors (Lipinski definition) is 5. The smallest absolute Gasteiger partial charge is 0.341 e. The lowest BCUT2D eigenvalue weighted by Gasteiger charge is -2.23. The monoisotopic (exact) mass is 366 g/mol. The third-order valence-corrected chi connectivity index (χ3v) is 3.59. The van der Waals surface area contributed by atoms with Gasteiger partial charge in [-0.2, -0.15) is 0 Å². The highest BCUT2D eigenvalue weighted by Gasteiger charge is 2.23. The lowest BCUT2D eigenvalue weighted by molar-refractivity contribution is -0.139. The molecule has 0 saturated carbocycles. The van der Waals surface area contributed by atoms with Crippen molar-refractivity contribution >= 4 is 23.8 Å². The molecule has 1 aromatic rings.